The van der Waals surface area contributed by atoms with Crippen LogP contribution in [0.25, 0.3) is 0 Å². The summed E-state index contributed by atoms with van der Waals surface area (Å²) in [6.07, 6.45) is 9.59. The van der Waals surface area contributed by atoms with Gasteiger partial charge >= 0.3 is 0 Å². The molecule has 0 aliphatic carbocycles. The predicted molar refractivity (Wildman–Crippen MR) is 83.5 cm³/mol. The Hall–Kier alpha value is -1.26. The van der Waals surface area contributed by atoms with Crippen molar-refractivity contribution in [1.82, 2.24) is 5.32 Å². The Balaban J connectivity index is 4.59. The number of hydrogen-bond donors (Lipinski definition) is 2. The standard InChI is InChI=1S/C13H18N2S2/c1-5-7-8-9-10(3)12(6-2)17-11(4)15-13(14)16/h5-9H,1,4H2,2-3H3,(H3,14,15,16)/b8-7-,10-9+,12-6-. The quantitative estimate of drug-likeness (QED) is 0.569. The fraction of sp³-hybridized carbons (Fsp3) is 0.154. The van der Waals surface area contributed by atoms with Crippen LogP contribution in [0.2, 0.25) is 0 Å². The summed E-state index contributed by atoms with van der Waals surface area (Å²) in [6, 6.07) is 0. The lowest BCUT2D eigenvalue weighted by atomic mass is 10.2. The van der Waals surface area contributed by atoms with E-state index in [0.29, 0.717) is 5.03 Å². The normalized spacial score (nSPS) is 12.6. The van der Waals surface area contributed by atoms with Crippen LogP contribution in [0.5, 0.6) is 0 Å². The monoisotopic (exact) mass is 266 g/mol. The molecular formula is C13H18N2S2. The van der Waals surface area contributed by atoms with Crippen molar-refractivity contribution in [3.8, 4) is 0 Å². The van der Waals surface area contributed by atoms with E-state index in [4.69, 9.17) is 18.0 Å². The van der Waals surface area contributed by atoms with Gasteiger partial charge in [0.15, 0.2) is 5.11 Å². The molecule has 0 atom stereocenters. The highest BCUT2D eigenvalue weighted by atomic mass is 32.2. The van der Waals surface area contributed by atoms with Gasteiger partial charge in [-0.1, -0.05) is 55.3 Å². The van der Waals surface area contributed by atoms with E-state index in [1.165, 1.54) is 11.8 Å². The molecule has 4 heteroatoms. The van der Waals surface area contributed by atoms with Gasteiger partial charge in [0.05, 0.1) is 5.03 Å². The molecule has 0 aromatic heterocycles. The summed E-state index contributed by atoms with van der Waals surface area (Å²) in [5.74, 6) is 0. The molecular weight excluding hydrogens is 248 g/mol. The summed E-state index contributed by atoms with van der Waals surface area (Å²) in [7, 11) is 0. The van der Waals surface area contributed by atoms with Crippen LogP contribution in [0.4, 0.5) is 0 Å². The number of hydrogen-bond acceptors (Lipinski definition) is 2. The topological polar surface area (TPSA) is 38.0 Å². The van der Waals surface area contributed by atoms with Crippen molar-refractivity contribution in [2.24, 2.45) is 5.73 Å². The van der Waals surface area contributed by atoms with Gasteiger partial charge in [0, 0.05) is 4.91 Å². The van der Waals surface area contributed by atoms with Crippen molar-refractivity contribution < 1.29 is 0 Å². The van der Waals surface area contributed by atoms with Gasteiger partial charge in [0.2, 0.25) is 0 Å². The Morgan fingerprint density at radius 1 is 1.41 bits per heavy atom. The van der Waals surface area contributed by atoms with Crippen LogP contribution in [0, 0.1) is 0 Å². The third-order valence-electron chi connectivity index (χ3n) is 1.74. The Morgan fingerprint density at radius 2 is 2.06 bits per heavy atom. The molecule has 0 rings (SSSR count). The van der Waals surface area contributed by atoms with E-state index in [-0.39, 0.29) is 5.11 Å². The summed E-state index contributed by atoms with van der Waals surface area (Å²) < 4.78 is 0. The molecule has 0 unspecified atom stereocenters. The maximum atomic E-state index is 5.37. The minimum Gasteiger partial charge on any atom is -0.376 e. The predicted octanol–water partition coefficient (Wildman–Crippen LogP) is 3.62. The fourth-order valence-electron chi connectivity index (χ4n) is 1.02. The van der Waals surface area contributed by atoms with Gasteiger partial charge in [-0.15, -0.1) is 0 Å². The van der Waals surface area contributed by atoms with Crippen LogP contribution in [0.1, 0.15) is 13.8 Å². The summed E-state index contributed by atoms with van der Waals surface area (Å²) in [4.78, 5) is 1.10. The minimum atomic E-state index is 0.228. The zero-order chi connectivity index (χ0) is 13.3. The number of thiocarbonyl (C=S) groups is 1. The third-order valence-corrected chi connectivity index (χ3v) is 2.97. The number of nitrogens with two attached hydrogens (primary N) is 1. The van der Waals surface area contributed by atoms with Crippen molar-refractivity contribution in [2.45, 2.75) is 13.8 Å². The second-order valence-electron chi connectivity index (χ2n) is 3.14. The van der Waals surface area contributed by atoms with Gasteiger partial charge in [-0.05, 0) is 31.6 Å². The van der Waals surface area contributed by atoms with Crippen molar-refractivity contribution in [1.29, 1.82) is 0 Å². The highest BCUT2D eigenvalue weighted by Crippen LogP contribution is 2.28. The van der Waals surface area contributed by atoms with Crippen LogP contribution in [0.3, 0.4) is 0 Å². The van der Waals surface area contributed by atoms with Crippen molar-refractivity contribution in [3.63, 3.8) is 0 Å². The largest absolute Gasteiger partial charge is 0.376 e. The first kappa shape index (κ1) is 15.7. The van der Waals surface area contributed by atoms with Crippen LogP contribution in [-0.4, -0.2) is 5.11 Å². The van der Waals surface area contributed by atoms with E-state index >= 15 is 0 Å². The molecule has 0 aliphatic heterocycles. The first-order chi connectivity index (χ1) is 8.01. The lowest BCUT2D eigenvalue weighted by molar-refractivity contribution is 1.26. The van der Waals surface area contributed by atoms with Crippen LogP contribution < -0.4 is 11.1 Å². The molecule has 0 aromatic rings. The maximum Gasteiger partial charge on any atom is 0.168 e. The number of rotatable bonds is 6. The van der Waals surface area contributed by atoms with E-state index in [1.807, 2.05) is 38.2 Å². The summed E-state index contributed by atoms with van der Waals surface area (Å²) in [6.45, 7) is 11.5. The minimum absolute atomic E-state index is 0.228. The Morgan fingerprint density at radius 3 is 2.53 bits per heavy atom. The van der Waals surface area contributed by atoms with E-state index in [2.05, 4.69) is 18.5 Å². The second kappa shape index (κ2) is 8.84. The molecule has 0 saturated carbocycles. The average molecular weight is 266 g/mol. The van der Waals surface area contributed by atoms with Crippen LogP contribution >= 0.6 is 24.0 Å². The van der Waals surface area contributed by atoms with E-state index < -0.39 is 0 Å². The molecule has 3 N–H and O–H groups in total. The van der Waals surface area contributed by atoms with Gasteiger partial charge in [-0.25, -0.2) is 0 Å². The SMILES string of the molecule is C=C\C=C/C=C(C)/C(=C/C)SC(=C)NC(N)=S. The molecule has 0 heterocycles. The number of allylic oxidation sites excluding steroid dienone is 6. The summed E-state index contributed by atoms with van der Waals surface area (Å²) in [5.41, 5.74) is 6.51. The molecule has 0 saturated heterocycles. The van der Waals surface area contributed by atoms with Gasteiger partial charge in [0.25, 0.3) is 0 Å². The van der Waals surface area contributed by atoms with Crippen LogP contribution in [0.15, 0.2) is 59.0 Å². The summed E-state index contributed by atoms with van der Waals surface area (Å²) in [5, 5.41) is 3.75. The first-order valence-corrected chi connectivity index (χ1v) is 6.29. The van der Waals surface area contributed by atoms with Crippen molar-refractivity contribution >= 4 is 29.1 Å². The second-order valence-corrected chi connectivity index (χ2v) is 4.71. The molecule has 92 valence electrons. The van der Waals surface area contributed by atoms with E-state index in [0.717, 1.165) is 10.5 Å². The molecule has 0 aliphatic rings. The number of thioether (sulfide) groups is 1. The lowest BCUT2D eigenvalue weighted by Gasteiger charge is -2.10. The Labute approximate surface area is 113 Å². The van der Waals surface area contributed by atoms with Crippen LogP contribution in [-0.2, 0) is 0 Å². The molecule has 0 bridgehead atoms. The van der Waals surface area contributed by atoms with E-state index in [9.17, 15) is 0 Å². The molecule has 17 heavy (non-hydrogen) atoms. The Bertz CT molecular complexity index is 390. The third kappa shape index (κ3) is 7.60. The average Bonchev–Trinajstić information content (AvgIpc) is 2.25. The number of nitrogens with one attached hydrogen (secondary N) is 1. The molecule has 0 radical (unpaired) electrons. The van der Waals surface area contributed by atoms with Gasteiger partial charge in [0.1, 0.15) is 0 Å². The molecule has 0 spiro atoms. The maximum absolute atomic E-state index is 5.37. The smallest absolute Gasteiger partial charge is 0.168 e. The highest BCUT2D eigenvalue weighted by molar-refractivity contribution is 8.06. The molecule has 0 fully saturated rings. The fourth-order valence-corrected chi connectivity index (χ4v) is 1.98. The summed E-state index contributed by atoms with van der Waals surface area (Å²) >= 11 is 6.25. The van der Waals surface area contributed by atoms with Gasteiger partial charge in [-0.2, -0.15) is 0 Å². The lowest BCUT2D eigenvalue weighted by Crippen LogP contribution is -2.26. The molecule has 2 nitrogen and oxygen atoms in total. The van der Waals surface area contributed by atoms with Gasteiger partial charge in [-0.3, -0.25) is 0 Å². The van der Waals surface area contributed by atoms with E-state index in [1.54, 1.807) is 6.08 Å². The molecule has 0 aromatic carbocycles. The van der Waals surface area contributed by atoms with Gasteiger partial charge < -0.3 is 11.1 Å². The highest BCUT2D eigenvalue weighted by Gasteiger charge is 2.03. The first-order valence-electron chi connectivity index (χ1n) is 5.07. The Kier molecular flexibility index (Phi) is 8.19. The zero-order valence-corrected chi connectivity index (χ0v) is 11.8. The van der Waals surface area contributed by atoms with Crippen molar-refractivity contribution in [2.75, 3.05) is 0 Å². The van der Waals surface area contributed by atoms with Crippen molar-refractivity contribution in [3.05, 3.63) is 59.0 Å². The molecule has 0 amide bonds. The zero-order valence-electron chi connectivity index (χ0n) is 10.2.